The Morgan fingerprint density at radius 1 is 1.08 bits per heavy atom. The maximum Gasteiger partial charge on any atom is 0.419 e. The molecule has 2 rings (SSSR count). The minimum atomic E-state index is -4.81. The van der Waals surface area contributed by atoms with Crippen molar-refractivity contribution < 1.29 is 22.0 Å². The molecule has 0 aromatic heterocycles. The summed E-state index contributed by atoms with van der Waals surface area (Å²) >= 11 is 0. The van der Waals surface area contributed by atoms with Gasteiger partial charge in [-0.3, -0.25) is 0 Å². The fraction of sp³-hybridized carbons (Fsp3) is 0.333. The SMILES string of the molecule is CCC(NC)c1cc(-c2ccc(F)cc2C)cc(C(F)(F)F)c1F. The lowest BCUT2D eigenvalue weighted by Gasteiger charge is -2.20. The van der Waals surface area contributed by atoms with E-state index < -0.39 is 29.4 Å². The molecule has 0 spiro atoms. The van der Waals surface area contributed by atoms with E-state index in [-0.39, 0.29) is 11.1 Å². The lowest BCUT2D eigenvalue weighted by atomic mass is 9.92. The molecular weight excluding hydrogens is 325 g/mol. The molecule has 2 aromatic rings. The first-order valence-corrected chi connectivity index (χ1v) is 7.53. The first-order chi connectivity index (χ1) is 11.2. The van der Waals surface area contributed by atoms with Gasteiger partial charge in [0, 0.05) is 11.6 Å². The van der Waals surface area contributed by atoms with Gasteiger partial charge in [0.15, 0.2) is 0 Å². The molecule has 24 heavy (non-hydrogen) atoms. The van der Waals surface area contributed by atoms with E-state index in [9.17, 15) is 22.0 Å². The van der Waals surface area contributed by atoms with E-state index >= 15 is 0 Å². The number of nitrogens with one attached hydrogen (secondary N) is 1. The molecular formula is C18H18F5N. The Bertz CT molecular complexity index is 733. The number of alkyl halides is 3. The van der Waals surface area contributed by atoms with Crippen molar-refractivity contribution >= 4 is 0 Å². The lowest BCUT2D eigenvalue weighted by Crippen LogP contribution is -2.19. The van der Waals surface area contributed by atoms with Gasteiger partial charge in [-0.15, -0.1) is 0 Å². The van der Waals surface area contributed by atoms with Crippen LogP contribution >= 0.6 is 0 Å². The van der Waals surface area contributed by atoms with Crippen LogP contribution in [0.5, 0.6) is 0 Å². The molecule has 1 atom stereocenters. The van der Waals surface area contributed by atoms with Crippen molar-refractivity contribution in [3.8, 4) is 11.1 Å². The molecule has 0 aliphatic heterocycles. The van der Waals surface area contributed by atoms with Gasteiger partial charge >= 0.3 is 6.18 Å². The molecule has 1 nitrogen and oxygen atoms in total. The molecule has 0 heterocycles. The van der Waals surface area contributed by atoms with E-state index in [0.29, 0.717) is 17.5 Å². The standard InChI is InChI=1S/C18H18F5N/c1-4-16(24-3)14-8-11(9-15(17(14)20)18(21,22)23)13-6-5-12(19)7-10(13)2/h5-9,16,24H,4H2,1-3H3. The van der Waals surface area contributed by atoms with Crippen LogP contribution in [0, 0.1) is 18.6 Å². The van der Waals surface area contributed by atoms with Crippen LogP contribution < -0.4 is 5.32 Å². The number of benzene rings is 2. The number of hydrogen-bond acceptors (Lipinski definition) is 1. The van der Waals surface area contributed by atoms with Gasteiger partial charge in [-0.1, -0.05) is 13.0 Å². The fourth-order valence-electron chi connectivity index (χ4n) is 2.79. The Morgan fingerprint density at radius 2 is 1.75 bits per heavy atom. The summed E-state index contributed by atoms with van der Waals surface area (Å²) in [6, 6.07) is 5.44. The Hall–Kier alpha value is -1.95. The van der Waals surface area contributed by atoms with Gasteiger partial charge < -0.3 is 5.32 Å². The summed E-state index contributed by atoms with van der Waals surface area (Å²) in [7, 11) is 1.57. The molecule has 0 saturated heterocycles. The average molecular weight is 343 g/mol. The number of halogens is 5. The summed E-state index contributed by atoms with van der Waals surface area (Å²) in [4.78, 5) is 0. The van der Waals surface area contributed by atoms with Crippen molar-refractivity contribution in [1.29, 1.82) is 0 Å². The minimum Gasteiger partial charge on any atom is -0.313 e. The molecule has 0 bridgehead atoms. The highest BCUT2D eigenvalue weighted by Crippen LogP contribution is 2.38. The maximum absolute atomic E-state index is 14.4. The topological polar surface area (TPSA) is 12.0 Å². The lowest BCUT2D eigenvalue weighted by molar-refractivity contribution is -0.140. The average Bonchev–Trinajstić information content (AvgIpc) is 2.49. The Balaban J connectivity index is 2.75. The van der Waals surface area contributed by atoms with E-state index in [2.05, 4.69) is 5.32 Å². The monoisotopic (exact) mass is 343 g/mol. The highest BCUT2D eigenvalue weighted by Gasteiger charge is 2.36. The molecule has 0 aliphatic carbocycles. The van der Waals surface area contributed by atoms with E-state index in [0.717, 1.165) is 6.07 Å². The highest BCUT2D eigenvalue weighted by atomic mass is 19.4. The second-order valence-corrected chi connectivity index (χ2v) is 5.63. The molecule has 1 unspecified atom stereocenters. The molecule has 0 amide bonds. The van der Waals surface area contributed by atoms with E-state index in [1.54, 1.807) is 20.9 Å². The van der Waals surface area contributed by atoms with E-state index in [1.165, 1.54) is 24.3 Å². The number of rotatable bonds is 4. The summed E-state index contributed by atoms with van der Waals surface area (Å²) in [5.41, 5.74) is -0.224. The molecule has 6 heteroatoms. The van der Waals surface area contributed by atoms with E-state index in [1.807, 2.05) is 0 Å². The van der Waals surface area contributed by atoms with Crippen LogP contribution in [0.3, 0.4) is 0 Å². The molecule has 2 aromatic carbocycles. The van der Waals surface area contributed by atoms with Crippen molar-refractivity contribution in [1.82, 2.24) is 5.32 Å². The maximum atomic E-state index is 14.4. The van der Waals surface area contributed by atoms with Crippen LogP contribution in [0.25, 0.3) is 11.1 Å². The number of aryl methyl sites for hydroxylation is 1. The van der Waals surface area contributed by atoms with Crippen molar-refractivity contribution in [3.63, 3.8) is 0 Å². The third kappa shape index (κ3) is 3.59. The summed E-state index contributed by atoms with van der Waals surface area (Å²) in [6.07, 6.45) is -4.38. The zero-order valence-corrected chi connectivity index (χ0v) is 13.6. The fourth-order valence-corrected chi connectivity index (χ4v) is 2.79. The second-order valence-electron chi connectivity index (χ2n) is 5.63. The summed E-state index contributed by atoms with van der Waals surface area (Å²) in [5, 5.41) is 2.82. The second kappa shape index (κ2) is 6.89. The largest absolute Gasteiger partial charge is 0.419 e. The molecule has 0 fully saturated rings. The van der Waals surface area contributed by atoms with Gasteiger partial charge in [0.1, 0.15) is 11.6 Å². The third-order valence-electron chi connectivity index (χ3n) is 4.04. The highest BCUT2D eigenvalue weighted by molar-refractivity contribution is 5.69. The Morgan fingerprint density at radius 3 is 2.25 bits per heavy atom. The first-order valence-electron chi connectivity index (χ1n) is 7.53. The Labute approximate surface area is 137 Å². The van der Waals surface area contributed by atoms with Crippen LogP contribution in [0.15, 0.2) is 30.3 Å². The van der Waals surface area contributed by atoms with Gasteiger partial charge in [-0.05, 0) is 61.3 Å². The molecule has 0 saturated carbocycles. The predicted molar refractivity (Wildman–Crippen MR) is 83.6 cm³/mol. The quantitative estimate of drug-likeness (QED) is 0.710. The third-order valence-corrected chi connectivity index (χ3v) is 4.04. The van der Waals surface area contributed by atoms with Crippen molar-refractivity contribution in [2.45, 2.75) is 32.5 Å². The molecule has 0 aliphatic rings. The van der Waals surface area contributed by atoms with E-state index in [4.69, 9.17) is 0 Å². The normalized spacial score (nSPS) is 13.2. The van der Waals surface area contributed by atoms with Gasteiger partial charge in [-0.2, -0.15) is 13.2 Å². The zero-order chi connectivity index (χ0) is 18.1. The van der Waals surface area contributed by atoms with Gasteiger partial charge in [0.05, 0.1) is 5.56 Å². The van der Waals surface area contributed by atoms with Crippen molar-refractivity contribution in [2.75, 3.05) is 7.05 Å². The van der Waals surface area contributed by atoms with Crippen LogP contribution in [0.4, 0.5) is 22.0 Å². The van der Waals surface area contributed by atoms with Gasteiger partial charge in [0.2, 0.25) is 0 Å². The Kier molecular flexibility index (Phi) is 5.28. The van der Waals surface area contributed by atoms with Crippen LogP contribution in [-0.4, -0.2) is 7.05 Å². The predicted octanol–water partition coefficient (Wildman–Crippen LogP) is 5.63. The smallest absolute Gasteiger partial charge is 0.313 e. The van der Waals surface area contributed by atoms with Gasteiger partial charge in [0.25, 0.3) is 0 Å². The van der Waals surface area contributed by atoms with Gasteiger partial charge in [-0.25, -0.2) is 8.78 Å². The van der Waals surface area contributed by atoms with Crippen LogP contribution in [0.2, 0.25) is 0 Å². The minimum absolute atomic E-state index is 0.0476. The summed E-state index contributed by atoms with van der Waals surface area (Å²) in [5.74, 6) is -1.75. The van der Waals surface area contributed by atoms with Crippen molar-refractivity contribution in [3.05, 3.63) is 58.7 Å². The summed E-state index contributed by atoms with van der Waals surface area (Å²) < 4.78 is 67.4. The van der Waals surface area contributed by atoms with Crippen LogP contribution in [-0.2, 0) is 6.18 Å². The molecule has 0 radical (unpaired) electrons. The first kappa shape index (κ1) is 18.4. The van der Waals surface area contributed by atoms with Crippen LogP contribution in [0.1, 0.15) is 36.1 Å². The zero-order valence-electron chi connectivity index (χ0n) is 13.6. The number of hydrogen-bond donors (Lipinski definition) is 1. The molecule has 1 N–H and O–H groups in total. The summed E-state index contributed by atoms with van der Waals surface area (Å²) in [6.45, 7) is 3.35. The molecule has 130 valence electrons. The van der Waals surface area contributed by atoms with Crippen molar-refractivity contribution in [2.24, 2.45) is 0 Å².